The predicted octanol–water partition coefficient (Wildman–Crippen LogP) is 2.86. The summed E-state index contributed by atoms with van der Waals surface area (Å²) in [5.41, 5.74) is 1.36. The van der Waals surface area contributed by atoms with Crippen LogP contribution in [0, 0.1) is 5.92 Å². The fraction of sp³-hybridized carbons (Fsp3) is 0.786. The van der Waals surface area contributed by atoms with Crippen molar-refractivity contribution in [3.05, 3.63) is 18.0 Å². The monoisotopic (exact) mass is 237 g/mol. The molecule has 0 aliphatic carbocycles. The van der Waals surface area contributed by atoms with Crippen LogP contribution in [0.15, 0.2) is 12.4 Å². The van der Waals surface area contributed by atoms with E-state index >= 15 is 0 Å². The molecule has 1 unspecified atom stereocenters. The zero-order chi connectivity index (χ0) is 12.7. The Labute approximate surface area is 106 Å². The lowest BCUT2D eigenvalue weighted by Gasteiger charge is -2.19. The number of rotatable bonds is 8. The normalized spacial score (nSPS) is 13.2. The summed E-state index contributed by atoms with van der Waals surface area (Å²) in [6.45, 7) is 10.9. The van der Waals surface area contributed by atoms with Gasteiger partial charge in [-0.15, -0.1) is 0 Å². The van der Waals surface area contributed by atoms with Crippen molar-refractivity contribution in [1.82, 2.24) is 15.1 Å². The van der Waals surface area contributed by atoms with Crippen LogP contribution in [0.5, 0.6) is 0 Å². The molecule has 1 aromatic heterocycles. The molecular weight excluding hydrogens is 210 g/mol. The Bertz CT molecular complexity index is 304. The van der Waals surface area contributed by atoms with Crippen LogP contribution in [-0.4, -0.2) is 22.4 Å². The van der Waals surface area contributed by atoms with Crippen molar-refractivity contribution in [1.29, 1.82) is 0 Å². The summed E-state index contributed by atoms with van der Waals surface area (Å²) in [4.78, 5) is 0. The minimum atomic E-state index is 0.643. The molecule has 0 aliphatic rings. The van der Waals surface area contributed by atoms with Gasteiger partial charge in [0.25, 0.3) is 0 Å². The van der Waals surface area contributed by atoms with E-state index in [1.807, 2.05) is 10.9 Å². The van der Waals surface area contributed by atoms with Crippen molar-refractivity contribution in [2.24, 2.45) is 5.92 Å². The number of aromatic nitrogens is 2. The van der Waals surface area contributed by atoms with Crippen LogP contribution < -0.4 is 5.32 Å². The highest BCUT2D eigenvalue weighted by molar-refractivity contribution is 5.04. The minimum absolute atomic E-state index is 0.643. The maximum atomic E-state index is 4.32. The molecule has 0 saturated carbocycles. The highest BCUT2D eigenvalue weighted by Crippen LogP contribution is 2.11. The zero-order valence-electron chi connectivity index (χ0n) is 11.7. The molecule has 3 heteroatoms. The second-order valence-electron chi connectivity index (χ2n) is 5.13. The van der Waals surface area contributed by atoms with Gasteiger partial charge < -0.3 is 5.32 Å². The molecule has 1 heterocycles. The van der Waals surface area contributed by atoms with Crippen LogP contribution in [0.25, 0.3) is 0 Å². The molecular formula is C14H27N3. The summed E-state index contributed by atoms with van der Waals surface area (Å²) in [7, 11) is 0. The highest BCUT2D eigenvalue weighted by atomic mass is 15.3. The summed E-state index contributed by atoms with van der Waals surface area (Å²) < 4.78 is 2.00. The van der Waals surface area contributed by atoms with Gasteiger partial charge in [0, 0.05) is 18.8 Å². The third-order valence-corrected chi connectivity index (χ3v) is 3.04. The lowest BCUT2D eigenvalue weighted by molar-refractivity contribution is 0.405. The lowest BCUT2D eigenvalue weighted by Crippen LogP contribution is -2.30. The average Bonchev–Trinajstić information content (AvgIpc) is 2.73. The lowest BCUT2D eigenvalue weighted by atomic mass is 9.98. The molecule has 0 amide bonds. The molecule has 1 rings (SSSR count). The molecule has 1 N–H and O–H groups in total. The maximum Gasteiger partial charge on any atom is 0.0521 e. The Morgan fingerprint density at radius 2 is 2.12 bits per heavy atom. The molecule has 3 nitrogen and oxygen atoms in total. The van der Waals surface area contributed by atoms with Crippen LogP contribution in [0.1, 0.15) is 46.1 Å². The molecule has 1 aromatic rings. The van der Waals surface area contributed by atoms with Gasteiger partial charge in [-0.2, -0.15) is 5.10 Å². The van der Waals surface area contributed by atoms with Crippen molar-refractivity contribution in [3.8, 4) is 0 Å². The Morgan fingerprint density at radius 1 is 1.35 bits per heavy atom. The minimum Gasteiger partial charge on any atom is -0.314 e. The Kier molecular flexibility index (Phi) is 6.27. The van der Waals surface area contributed by atoms with E-state index in [2.05, 4.69) is 44.3 Å². The van der Waals surface area contributed by atoms with E-state index < -0.39 is 0 Å². The van der Waals surface area contributed by atoms with E-state index in [0.29, 0.717) is 6.04 Å². The van der Waals surface area contributed by atoms with E-state index in [-0.39, 0.29) is 0 Å². The number of aryl methyl sites for hydroxylation is 2. The van der Waals surface area contributed by atoms with Crippen LogP contribution in [0.3, 0.4) is 0 Å². The number of nitrogens with one attached hydrogen (secondary N) is 1. The van der Waals surface area contributed by atoms with Gasteiger partial charge in [-0.25, -0.2) is 0 Å². The van der Waals surface area contributed by atoms with Gasteiger partial charge in [0.2, 0.25) is 0 Å². The van der Waals surface area contributed by atoms with Crippen LogP contribution >= 0.6 is 0 Å². The molecule has 0 fully saturated rings. The van der Waals surface area contributed by atoms with Crippen molar-refractivity contribution in [2.75, 3.05) is 6.54 Å². The van der Waals surface area contributed by atoms with E-state index in [1.165, 1.54) is 18.4 Å². The number of nitrogens with zero attached hydrogens (tertiary/aromatic N) is 2. The summed E-state index contributed by atoms with van der Waals surface area (Å²) in [6, 6.07) is 0.643. The Balaban J connectivity index is 2.39. The maximum absolute atomic E-state index is 4.32. The van der Waals surface area contributed by atoms with Gasteiger partial charge in [0.05, 0.1) is 6.20 Å². The standard InChI is InChI=1S/C14H27N3/c1-5-15-14(9-12(3)4)8-7-13-10-16-17(6-2)11-13/h10-12,14-15H,5-9H2,1-4H3. The molecule has 0 radical (unpaired) electrons. The largest absolute Gasteiger partial charge is 0.314 e. The smallest absolute Gasteiger partial charge is 0.0521 e. The molecule has 98 valence electrons. The second-order valence-corrected chi connectivity index (χ2v) is 5.13. The van der Waals surface area contributed by atoms with Gasteiger partial charge in [-0.05, 0) is 44.2 Å². The summed E-state index contributed by atoms with van der Waals surface area (Å²) >= 11 is 0. The third-order valence-electron chi connectivity index (χ3n) is 3.04. The van der Waals surface area contributed by atoms with Crippen LogP contribution in [0.2, 0.25) is 0 Å². The molecule has 0 aliphatic heterocycles. The SMILES string of the molecule is CCNC(CCc1cnn(CC)c1)CC(C)C. The van der Waals surface area contributed by atoms with Gasteiger partial charge in [-0.1, -0.05) is 20.8 Å². The highest BCUT2D eigenvalue weighted by Gasteiger charge is 2.10. The average molecular weight is 237 g/mol. The quantitative estimate of drug-likeness (QED) is 0.753. The van der Waals surface area contributed by atoms with Gasteiger partial charge in [-0.3, -0.25) is 4.68 Å². The van der Waals surface area contributed by atoms with Crippen LogP contribution in [0.4, 0.5) is 0 Å². The van der Waals surface area contributed by atoms with Gasteiger partial charge in [0.1, 0.15) is 0 Å². The third kappa shape index (κ3) is 5.35. The van der Waals surface area contributed by atoms with Crippen molar-refractivity contribution < 1.29 is 0 Å². The molecule has 0 bridgehead atoms. The first-order chi connectivity index (χ1) is 8.15. The molecule has 1 atom stereocenters. The topological polar surface area (TPSA) is 29.9 Å². The number of hydrogen-bond acceptors (Lipinski definition) is 2. The van der Waals surface area contributed by atoms with E-state index in [1.54, 1.807) is 0 Å². The molecule has 17 heavy (non-hydrogen) atoms. The fourth-order valence-electron chi connectivity index (χ4n) is 2.21. The summed E-state index contributed by atoms with van der Waals surface area (Å²) in [5, 5.41) is 7.89. The first-order valence-electron chi connectivity index (χ1n) is 6.90. The Morgan fingerprint density at radius 3 is 2.65 bits per heavy atom. The van der Waals surface area contributed by atoms with Gasteiger partial charge in [0.15, 0.2) is 0 Å². The van der Waals surface area contributed by atoms with Crippen molar-refractivity contribution in [2.45, 2.75) is 59.5 Å². The molecule has 0 spiro atoms. The second kappa shape index (κ2) is 7.49. The van der Waals surface area contributed by atoms with E-state index in [9.17, 15) is 0 Å². The molecule has 0 aromatic carbocycles. The number of hydrogen-bond donors (Lipinski definition) is 1. The van der Waals surface area contributed by atoms with Gasteiger partial charge >= 0.3 is 0 Å². The summed E-state index contributed by atoms with van der Waals surface area (Å²) in [5.74, 6) is 0.761. The fourth-order valence-corrected chi connectivity index (χ4v) is 2.21. The van der Waals surface area contributed by atoms with Crippen molar-refractivity contribution >= 4 is 0 Å². The first kappa shape index (κ1) is 14.2. The van der Waals surface area contributed by atoms with Crippen molar-refractivity contribution in [3.63, 3.8) is 0 Å². The summed E-state index contributed by atoms with van der Waals surface area (Å²) in [6.07, 6.45) is 7.77. The predicted molar refractivity (Wildman–Crippen MR) is 73.1 cm³/mol. The zero-order valence-corrected chi connectivity index (χ0v) is 11.7. The Hall–Kier alpha value is -0.830. The van der Waals surface area contributed by atoms with E-state index in [0.717, 1.165) is 25.4 Å². The van der Waals surface area contributed by atoms with Crippen LogP contribution in [-0.2, 0) is 13.0 Å². The first-order valence-corrected chi connectivity index (χ1v) is 6.90. The molecule has 0 saturated heterocycles. The van der Waals surface area contributed by atoms with E-state index in [4.69, 9.17) is 0 Å².